The summed E-state index contributed by atoms with van der Waals surface area (Å²) in [5, 5.41) is 55.6. The molecule has 0 radical (unpaired) electrons. The predicted molar refractivity (Wildman–Crippen MR) is 306 cm³/mol. The largest absolute Gasteiger partial charge is 0.674 e. The van der Waals surface area contributed by atoms with E-state index in [2.05, 4.69) is 95.3 Å². The van der Waals surface area contributed by atoms with Crippen LogP contribution in [0.5, 0.6) is 0 Å². The summed E-state index contributed by atoms with van der Waals surface area (Å²) >= 11 is 0. The van der Waals surface area contributed by atoms with E-state index in [0.29, 0.717) is 0 Å². The van der Waals surface area contributed by atoms with Crippen LogP contribution in [-0.4, -0.2) is 146 Å². The third kappa shape index (κ3) is 44.2. The Hall–Kier alpha value is -6.66. The van der Waals surface area contributed by atoms with Crippen molar-refractivity contribution >= 4 is 29.6 Å². The lowest BCUT2D eigenvalue weighted by Gasteiger charge is -1.92. The van der Waals surface area contributed by atoms with Gasteiger partial charge in [-0.25, -0.2) is 39.9 Å². The molecule has 8 heterocycles. The molecule has 8 N–H and O–H groups in total. The van der Waals surface area contributed by atoms with Gasteiger partial charge < -0.3 is 76.7 Å². The summed E-state index contributed by atoms with van der Waals surface area (Å²) in [4.78, 5) is 32.8. The number of hydrogen-bond donors (Lipinski definition) is 8. The minimum Gasteiger partial charge on any atom is -0.398 e. The molecule has 0 atom stereocenters. The van der Waals surface area contributed by atoms with Crippen molar-refractivity contribution in [3.63, 3.8) is 0 Å². The number of imidazole rings is 8. The Morgan fingerprint density at radius 3 is 0.350 bits per heavy atom. The van der Waals surface area contributed by atoms with Gasteiger partial charge in [-0.05, 0) is 0 Å². The van der Waals surface area contributed by atoms with Crippen LogP contribution in [0.1, 0.15) is 102 Å². The zero-order valence-electron chi connectivity index (χ0n) is 49.4. The van der Waals surface area contributed by atoms with Crippen molar-refractivity contribution in [3.05, 3.63) is 146 Å². The average Bonchev–Trinajstić information content (AvgIpc) is 4.27. The van der Waals surface area contributed by atoms with E-state index in [1.807, 2.05) is 192 Å². The van der Waals surface area contributed by atoms with Gasteiger partial charge in [-0.2, -0.15) is 0 Å². The highest BCUT2D eigenvalue weighted by molar-refractivity contribution is 6.32. The van der Waals surface area contributed by atoms with Crippen molar-refractivity contribution in [2.45, 2.75) is 107 Å². The van der Waals surface area contributed by atoms with E-state index in [1.54, 1.807) is 0 Å². The highest BCUT2D eigenvalue weighted by Gasteiger charge is 2.00. The molecular weight excluding hydrogens is 1050 g/mol. The van der Waals surface area contributed by atoms with Gasteiger partial charge >= 0.3 is 29.6 Å². The van der Waals surface area contributed by atoms with Crippen LogP contribution < -0.4 is 0 Å². The highest BCUT2D eigenvalue weighted by Crippen LogP contribution is 1.97. The van der Waals surface area contributed by atoms with Crippen molar-refractivity contribution in [3.8, 4) is 0 Å². The quantitative estimate of drug-likeness (QED) is 0.0797. The van der Waals surface area contributed by atoms with E-state index in [-0.39, 0.29) is 0 Å². The van der Waals surface area contributed by atoms with Crippen LogP contribution in [0.25, 0.3) is 0 Å². The zero-order chi connectivity index (χ0) is 62.2. The summed E-state index contributed by atoms with van der Waals surface area (Å²) in [5.74, 6) is 9.15. The molecule has 8 aromatic rings. The molecule has 0 aliphatic heterocycles. The van der Waals surface area contributed by atoms with Crippen molar-refractivity contribution in [1.29, 1.82) is 0 Å². The molecule has 0 bridgehead atoms. The first-order valence-electron chi connectivity index (χ1n) is 25.4. The topological polar surface area (TPSA) is 304 Å². The monoisotopic (exact) mass is 1140 g/mol. The molecule has 0 aliphatic carbocycles. The Kier molecular flexibility index (Phi) is 50.4. The fraction of sp³-hybridized carbons (Fsp3) is 0.500. The third-order valence-electron chi connectivity index (χ3n) is 9.90. The lowest BCUT2D eigenvalue weighted by atomic mass is 10.3. The normalized spacial score (nSPS) is 9.15. The molecular formula is C48H88B4F4N16O8. The second kappa shape index (κ2) is 50.6. The molecule has 80 heavy (non-hydrogen) atoms. The van der Waals surface area contributed by atoms with Crippen LogP contribution in [0.3, 0.4) is 0 Å². The van der Waals surface area contributed by atoms with Crippen LogP contribution >= 0.6 is 0 Å². The molecule has 0 saturated carbocycles. The fourth-order valence-corrected chi connectivity index (χ4v) is 5.90. The highest BCUT2D eigenvalue weighted by atomic mass is 19.1. The maximum absolute atomic E-state index is 10.1. The van der Waals surface area contributed by atoms with Gasteiger partial charge in [0.1, 0.15) is 46.6 Å². The van der Waals surface area contributed by atoms with Crippen LogP contribution in [0, 0.1) is 0 Å². The Balaban J connectivity index is -0.000000398. The minimum atomic E-state index is -2.67. The van der Waals surface area contributed by atoms with Crippen LogP contribution in [0.15, 0.2) is 99.1 Å². The van der Waals surface area contributed by atoms with Crippen LogP contribution in [0.4, 0.5) is 17.3 Å². The zero-order valence-corrected chi connectivity index (χ0v) is 49.4. The van der Waals surface area contributed by atoms with E-state index < -0.39 is 29.6 Å². The predicted octanol–water partition coefficient (Wildman–Crippen LogP) is 3.56. The summed E-state index contributed by atoms with van der Waals surface area (Å²) in [6, 6.07) is 0. The molecule has 24 nitrogen and oxygen atoms in total. The first-order chi connectivity index (χ1) is 37.7. The summed E-state index contributed by atoms with van der Waals surface area (Å²) < 4.78 is 56.7. The van der Waals surface area contributed by atoms with Gasteiger partial charge in [-0.15, -0.1) is 0 Å². The van der Waals surface area contributed by atoms with Gasteiger partial charge in [0.25, 0.3) is 0 Å². The number of nitrogens with zero attached hydrogens (tertiary/aromatic N) is 16. The summed E-state index contributed by atoms with van der Waals surface area (Å²) in [6.45, 7) is 16.8. The smallest absolute Gasteiger partial charge is 0.398 e. The van der Waals surface area contributed by atoms with Gasteiger partial charge in [0.05, 0.1) is 0 Å². The number of aromatic nitrogens is 16. The Morgan fingerprint density at radius 1 is 0.250 bits per heavy atom. The Bertz CT molecular complexity index is 2070. The minimum absolute atomic E-state index is 1.02. The van der Waals surface area contributed by atoms with Crippen LogP contribution in [0.2, 0.25) is 0 Å². The maximum Gasteiger partial charge on any atom is 0.674 e. The standard InChI is InChI=1S/8C6H10N2.4BFH2O2/c8*1-3-6-7-4-5-8(6)2;4*2-1(3)4/h8*4-5H,3H2,1-2H3;4*3-4H. The molecule has 0 amide bonds. The first kappa shape index (κ1) is 79.8. The summed E-state index contributed by atoms with van der Waals surface area (Å²) in [5.41, 5.74) is 0. The Morgan fingerprint density at radius 2 is 0.325 bits per heavy atom. The van der Waals surface area contributed by atoms with E-state index in [9.17, 15) is 17.3 Å². The lowest BCUT2D eigenvalue weighted by molar-refractivity contribution is 0.338. The van der Waals surface area contributed by atoms with Gasteiger partial charge in [0, 0.05) is 207 Å². The average molecular weight is 1140 g/mol. The number of aryl methyl sites for hydroxylation is 16. The van der Waals surface area contributed by atoms with E-state index in [1.165, 1.54) is 0 Å². The van der Waals surface area contributed by atoms with Gasteiger partial charge in [0.2, 0.25) is 0 Å². The molecule has 0 unspecified atom stereocenters. The number of hydrogen-bond acceptors (Lipinski definition) is 16. The van der Waals surface area contributed by atoms with Crippen molar-refractivity contribution < 1.29 is 57.5 Å². The second-order valence-electron chi connectivity index (χ2n) is 15.7. The van der Waals surface area contributed by atoms with Gasteiger partial charge in [-0.3, -0.25) is 17.3 Å². The van der Waals surface area contributed by atoms with Gasteiger partial charge in [-0.1, -0.05) is 55.4 Å². The Labute approximate surface area is 471 Å². The summed E-state index contributed by atoms with van der Waals surface area (Å²) in [6.07, 6.45) is 38.3. The SMILES string of the molecule is CCc1nccn1C.CCc1nccn1C.CCc1nccn1C.CCc1nccn1C.CCc1nccn1C.CCc1nccn1C.CCc1nccn1C.CCc1nccn1C.OB(O)F.OB(O)F.OB(O)F.OB(O)F. The van der Waals surface area contributed by atoms with E-state index in [4.69, 9.17) is 40.2 Å². The molecule has 0 aromatic carbocycles. The first-order valence-corrected chi connectivity index (χ1v) is 25.4. The van der Waals surface area contributed by atoms with Crippen LogP contribution in [-0.2, 0) is 108 Å². The molecule has 448 valence electrons. The molecule has 0 fully saturated rings. The molecule has 8 rings (SSSR count). The maximum atomic E-state index is 10.1. The molecule has 0 aliphatic rings. The third-order valence-corrected chi connectivity index (χ3v) is 9.90. The van der Waals surface area contributed by atoms with Crippen molar-refractivity contribution in [2.24, 2.45) is 56.4 Å². The molecule has 32 heteroatoms. The fourth-order valence-electron chi connectivity index (χ4n) is 5.90. The van der Waals surface area contributed by atoms with Crippen molar-refractivity contribution in [1.82, 2.24) is 76.4 Å². The molecule has 0 saturated heterocycles. The number of halogens is 4. The molecule has 8 aromatic heterocycles. The van der Waals surface area contributed by atoms with Crippen molar-refractivity contribution in [2.75, 3.05) is 0 Å². The molecule has 0 spiro atoms. The van der Waals surface area contributed by atoms with Gasteiger partial charge in [0.15, 0.2) is 0 Å². The van der Waals surface area contributed by atoms with E-state index in [0.717, 1.165) is 98.0 Å². The number of rotatable bonds is 8. The lowest BCUT2D eigenvalue weighted by Crippen LogP contribution is -1.98. The second-order valence-corrected chi connectivity index (χ2v) is 15.7. The summed E-state index contributed by atoms with van der Waals surface area (Å²) in [7, 11) is 5.38. The van der Waals surface area contributed by atoms with E-state index >= 15 is 0 Å².